The quantitative estimate of drug-likeness (QED) is 0.432. The van der Waals surface area contributed by atoms with Gasteiger partial charge in [0.2, 0.25) is 0 Å². The predicted octanol–water partition coefficient (Wildman–Crippen LogP) is 1.76. The standard InChI is InChI=1S/C5H11NS2.Fe/c1-2-3-4-8-5(6)7;/h2-4H2,1H3,(H2,6,7);. The Hall–Kier alpha value is 0.759. The van der Waals surface area contributed by atoms with Gasteiger partial charge in [0, 0.05) is 22.8 Å². The van der Waals surface area contributed by atoms with Gasteiger partial charge in [0.1, 0.15) is 4.32 Å². The third-order valence-corrected chi connectivity index (χ3v) is 1.87. The minimum atomic E-state index is 0. The summed E-state index contributed by atoms with van der Waals surface area (Å²) >= 11 is 6.21. The minimum Gasteiger partial charge on any atom is -0.385 e. The van der Waals surface area contributed by atoms with Crippen molar-refractivity contribution >= 4 is 28.3 Å². The molecule has 4 heteroatoms. The monoisotopic (exact) mass is 205 g/mol. The molecular weight excluding hydrogens is 194 g/mol. The Morgan fingerprint density at radius 1 is 1.67 bits per heavy atom. The van der Waals surface area contributed by atoms with E-state index in [9.17, 15) is 0 Å². The number of rotatable bonds is 3. The van der Waals surface area contributed by atoms with Gasteiger partial charge in [-0.05, 0) is 6.42 Å². The number of nitrogens with two attached hydrogens (primary N) is 1. The maximum absolute atomic E-state index is 5.23. The first-order valence-corrected chi connectivity index (χ1v) is 4.09. The van der Waals surface area contributed by atoms with Gasteiger partial charge in [-0.25, -0.2) is 0 Å². The van der Waals surface area contributed by atoms with Crippen molar-refractivity contribution in [2.45, 2.75) is 19.8 Å². The third-order valence-electron chi connectivity index (χ3n) is 0.742. The van der Waals surface area contributed by atoms with Crippen molar-refractivity contribution in [1.82, 2.24) is 0 Å². The maximum atomic E-state index is 5.23. The van der Waals surface area contributed by atoms with Crippen LogP contribution in [0.1, 0.15) is 19.8 Å². The first kappa shape index (κ1) is 12.4. The molecule has 0 aromatic heterocycles. The Morgan fingerprint density at radius 3 is 2.56 bits per heavy atom. The van der Waals surface area contributed by atoms with E-state index >= 15 is 0 Å². The van der Waals surface area contributed by atoms with Crippen molar-refractivity contribution in [2.24, 2.45) is 5.73 Å². The fraction of sp³-hybridized carbons (Fsp3) is 0.800. The number of thiocarbonyl (C=S) groups is 1. The van der Waals surface area contributed by atoms with Crippen molar-refractivity contribution in [2.75, 3.05) is 5.75 Å². The summed E-state index contributed by atoms with van der Waals surface area (Å²) in [7, 11) is 0. The SMILES string of the molecule is CCCCSC(N)=S.[Fe]. The van der Waals surface area contributed by atoms with E-state index in [0.29, 0.717) is 4.32 Å². The van der Waals surface area contributed by atoms with Gasteiger partial charge in [0.25, 0.3) is 0 Å². The van der Waals surface area contributed by atoms with Crippen LogP contribution in [0.25, 0.3) is 0 Å². The molecule has 0 aromatic carbocycles. The molecule has 0 aliphatic heterocycles. The molecule has 0 rings (SSSR count). The maximum Gasteiger partial charge on any atom is 0.131 e. The molecule has 2 N–H and O–H groups in total. The molecule has 0 aliphatic carbocycles. The van der Waals surface area contributed by atoms with Gasteiger partial charge in [0.15, 0.2) is 0 Å². The van der Waals surface area contributed by atoms with E-state index < -0.39 is 0 Å². The second-order valence-electron chi connectivity index (χ2n) is 1.52. The van der Waals surface area contributed by atoms with Crippen LogP contribution in [0.2, 0.25) is 0 Å². The fourth-order valence-corrected chi connectivity index (χ4v) is 1.20. The molecule has 0 heterocycles. The minimum absolute atomic E-state index is 0. The van der Waals surface area contributed by atoms with Crippen LogP contribution >= 0.6 is 24.0 Å². The topological polar surface area (TPSA) is 26.0 Å². The van der Waals surface area contributed by atoms with E-state index in [1.165, 1.54) is 12.8 Å². The Labute approximate surface area is 76.6 Å². The molecule has 56 valence electrons. The molecule has 1 nitrogen and oxygen atoms in total. The van der Waals surface area contributed by atoms with Crippen LogP contribution in [-0.2, 0) is 17.1 Å². The van der Waals surface area contributed by atoms with Gasteiger partial charge in [-0.1, -0.05) is 37.3 Å². The zero-order valence-electron chi connectivity index (χ0n) is 5.37. The van der Waals surface area contributed by atoms with Gasteiger partial charge in [-0.15, -0.1) is 0 Å². The first-order chi connectivity index (χ1) is 3.77. The van der Waals surface area contributed by atoms with Crippen molar-refractivity contribution in [3.8, 4) is 0 Å². The van der Waals surface area contributed by atoms with Gasteiger partial charge in [0.05, 0.1) is 0 Å². The van der Waals surface area contributed by atoms with Gasteiger partial charge in [-0.2, -0.15) is 0 Å². The van der Waals surface area contributed by atoms with E-state index in [0.717, 1.165) is 5.75 Å². The van der Waals surface area contributed by atoms with Crippen LogP contribution in [0.15, 0.2) is 0 Å². The Bertz CT molecular complexity index is 77.4. The fourth-order valence-electron chi connectivity index (χ4n) is 0.317. The van der Waals surface area contributed by atoms with Gasteiger partial charge in [-0.3, -0.25) is 0 Å². The molecule has 0 spiro atoms. The van der Waals surface area contributed by atoms with E-state index in [1.54, 1.807) is 11.8 Å². The smallest absolute Gasteiger partial charge is 0.131 e. The third kappa shape index (κ3) is 12.1. The molecule has 0 fully saturated rings. The molecule has 0 unspecified atom stereocenters. The average Bonchev–Trinajstić information content (AvgIpc) is 1.66. The number of hydrogen-bond donors (Lipinski definition) is 1. The first-order valence-electron chi connectivity index (χ1n) is 2.69. The predicted molar refractivity (Wildman–Crippen MR) is 44.2 cm³/mol. The van der Waals surface area contributed by atoms with Crippen LogP contribution < -0.4 is 5.73 Å². The number of hydrogen-bond acceptors (Lipinski definition) is 2. The van der Waals surface area contributed by atoms with Crippen molar-refractivity contribution < 1.29 is 17.1 Å². The van der Waals surface area contributed by atoms with Crippen LogP contribution in [0.4, 0.5) is 0 Å². The van der Waals surface area contributed by atoms with Gasteiger partial charge >= 0.3 is 0 Å². The van der Waals surface area contributed by atoms with E-state index in [2.05, 4.69) is 19.1 Å². The largest absolute Gasteiger partial charge is 0.385 e. The van der Waals surface area contributed by atoms with Crippen molar-refractivity contribution in [3.05, 3.63) is 0 Å². The number of unbranched alkanes of at least 4 members (excludes halogenated alkanes) is 1. The summed E-state index contributed by atoms with van der Waals surface area (Å²) in [5.74, 6) is 1.08. The Kier molecular flexibility index (Phi) is 12.1. The zero-order valence-corrected chi connectivity index (χ0v) is 8.11. The normalized spacial score (nSPS) is 8.11. The van der Waals surface area contributed by atoms with Crippen LogP contribution in [0, 0.1) is 0 Å². The van der Waals surface area contributed by atoms with E-state index in [1.807, 2.05) is 0 Å². The summed E-state index contributed by atoms with van der Waals surface area (Å²) in [5.41, 5.74) is 5.23. The molecule has 0 saturated carbocycles. The van der Waals surface area contributed by atoms with Crippen molar-refractivity contribution in [3.63, 3.8) is 0 Å². The molecule has 0 saturated heterocycles. The molecular formula is C5H11FeNS2. The molecule has 0 radical (unpaired) electrons. The molecule has 0 bridgehead atoms. The molecule has 0 amide bonds. The summed E-state index contributed by atoms with van der Waals surface area (Å²) < 4.78 is 0.568. The zero-order chi connectivity index (χ0) is 6.41. The molecule has 0 atom stereocenters. The second-order valence-corrected chi connectivity index (χ2v) is 3.36. The summed E-state index contributed by atoms with van der Waals surface area (Å²) in [5, 5.41) is 0. The summed E-state index contributed by atoms with van der Waals surface area (Å²) in [6.07, 6.45) is 2.43. The van der Waals surface area contributed by atoms with E-state index in [-0.39, 0.29) is 17.1 Å². The number of thioether (sulfide) groups is 1. The summed E-state index contributed by atoms with van der Waals surface area (Å²) in [6.45, 7) is 2.15. The van der Waals surface area contributed by atoms with Crippen molar-refractivity contribution in [1.29, 1.82) is 0 Å². The average molecular weight is 205 g/mol. The second kappa shape index (κ2) is 8.76. The van der Waals surface area contributed by atoms with Crippen LogP contribution in [0.3, 0.4) is 0 Å². The molecule has 0 aromatic rings. The summed E-state index contributed by atoms with van der Waals surface area (Å²) in [6, 6.07) is 0. The molecule has 9 heavy (non-hydrogen) atoms. The van der Waals surface area contributed by atoms with Crippen LogP contribution in [-0.4, -0.2) is 10.1 Å². The van der Waals surface area contributed by atoms with Gasteiger partial charge < -0.3 is 5.73 Å². The van der Waals surface area contributed by atoms with Crippen LogP contribution in [0.5, 0.6) is 0 Å². The van der Waals surface area contributed by atoms with E-state index in [4.69, 9.17) is 5.73 Å². The Morgan fingerprint density at radius 2 is 2.22 bits per heavy atom. The molecule has 0 aliphatic rings. The summed E-state index contributed by atoms with van der Waals surface area (Å²) in [4.78, 5) is 0. The Balaban J connectivity index is 0.